The molecule has 0 radical (unpaired) electrons. The topological polar surface area (TPSA) is 17.8 Å². The normalized spacial score (nSPS) is 18.1. The van der Waals surface area contributed by atoms with Gasteiger partial charge in [-0.2, -0.15) is 5.10 Å². The first-order valence-electron chi connectivity index (χ1n) is 5.75. The molecule has 1 aliphatic carbocycles. The van der Waals surface area contributed by atoms with Crippen LogP contribution in [0.3, 0.4) is 0 Å². The van der Waals surface area contributed by atoms with Crippen LogP contribution in [-0.4, -0.2) is 9.78 Å². The summed E-state index contributed by atoms with van der Waals surface area (Å²) in [5.74, 6) is 0.808. The summed E-state index contributed by atoms with van der Waals surface area (Å²) in [4.78, 5) is 0. The van der Waals surface area contributed by atoms with Gasteiger partial charge >= 0.3 is 0 Å². The average molecular weight is 187 g/mol. The third-order valence-corrected chi connectivity index (χ3v) is 3.15. The maximum absolute atomic E-state index is 7.61. The van der Waals surface area contributed by atoms with Gasteiger partial charge < -0.3 is 0 Å². The summed E-state index contributed by atoms with van der Waals surface area (Å²) in [6.45, 7) is 1.02. The lowest BCUT2D eigenvalue weighted by Crippen LogP contribution is -2.18. The zero-order valence-corrected chi connectivity index (χ0v) is 8.11. The van der Waals surface area contributed by atoms with Gasteiger partial charge in [0.1, 0.15) is 0 Å². The zero-order valence-electron chi connectivity index (χ0n) is 9.11. The Balaban J connectivity index is 1.98. The Morgan fingerprint density at radius 3 is 3.21 bits per heavy atom. The third kappa shape index (κ3) is 1.22. The molecule has 1 heterocycles. The fourth-order valence-corrected chi connectivity index (χ4v) is 2.03. The third-order valence-electron chi connectivity index (χ3n) is 3.15. The number of rotatable bonds is 2. The van der Waals surface area contributed by atoms with Gasteiger partial charge in [0.15, 0.2) is 0 Å². The molecule has 2 nitrogen and oxygen atoms in total. The molecular formula is C12H14N2. The first kappa shape index (κ1) is 7.04. The summed E-state index contributed by atoms with van der Waals surface area (Å²) < 4.78 is 9.67. The largest absolute Gasteiger partial charge is 0.265 e. The fraction of sp³-hybridized carbons (Fsp3) is 0.417. The first-order valence-corrected chi connectivity index (χ1v) is 5.25. The number of para-hydroxylation sites is 1. The molecule has 72 valence electrons. The van der Waals surface area contributed by atoms with Crippen LogP contribution in [-0.2, 0) is 6.54 Å². The molecular weight excluding hydrogens is 172 g/mol. The fourth-order valence-electron chi connectivity index (χ4n) is 2.03. The van der Waals surface area contributed by atoms with Crippen molar-refractivity contribution in [1.82, 2.24) is 9.78 Å². The molecule has 14 heavy (non-hydrogen) atoms. The molecule has 1 aromatic carbocycles. The van der Waals surface area contributed by atoms with Crippen LogP contribution in [0.15, 0.2) is 30.4 Å². The number of hydrogen-bond acceptors (Lipinski definition) is 1. The van der Waals surface area contributed by atoms with Gasteiger partial charge in [-0.15, -0.1) is 0 Å². The summed E-state index contributed by atoms with van der Waals surface area (Å²) in [6, 6.07) is 6.26. The Morgan fingerprint density at radius 2 is 2.43 bits per heavy atom. The molecule has 1 aromatic heterocycles. The van der Waals surface area contributed by atoms with E-state index in [2.05, 4.69) is 9.78 Å². The molecule has 2 aromatic rings. The minimum Gasteiger partial charge on any atom is -0.265 e. The highest BCUT2D eigenvalue weighted by Crippen LogP contribution is 2.28. The lowest BCUT2D eigenvalue weighted by atomic mass is 9.85. The van der Waals surface area contributed by atoms with E-state index < -0.39 is 0 Å². The molecule has 0 amide bonds. The van der Waals surface area contributed by atoms with Crippen LogP contribution in [0, 0.1) is 5.92 Å². The SMILES string of the molecule is [2H]c1ccc2cnn(CC3CCC3)c2c1. The van der Waals surface area contributed by atoms with E-state index in [1.54, 1.807) is 0 Å². The second-order valence-electron chi connectivity index (χ2n) is 4.11. The monoisotopic (exact) mass is 187 g/mol. The van der Waals surface area contributed by atoms with Crippen molar-refractivity contribution in [3.8, 4) is 0 Å². The molecule has 0 bridgehead atoms. The van der Waals surface area contributed by atoms with Crippen LogP contribution < -0.4 is 0 Å². The van der Waals surface area contributed by atoms with Crippen molar-refractivity contribution in [3.63, 3.8) is 0 Å². The number of aromatic nitrogens is 2. The maximum Gasteiger partial charge on any atom is 0.0682 e. The zero-order chi connectivity index (χ0) is 10.3. The smallest absolute Gasteiger partial charge is 0.0682 e. The van der Waals surface area contributed by atoms with Crippen LogP contribution >= 0.6 is 0 Å². The minimum atomic E-state index is 0.567. The highest BCUT2D eigenvalue weighted by atomic mass is 15.3. The number of benzene rings is 1. The highest BCUT2D eigenvalue weighted by molar-refractivity contribution is 5.78. The standard InChI is InChI=1S/C12H14N2/c1-2-7-12-11(6-1)8-13-14(12)9-10-4-3-5-10/h1-2,6-8,10H,3-5,9H2/i2D. The maximum atomic E-state index is 7.61. The van der Waals surface area contributed by atoms with Gasteiger partial charge in [-0.05, 0) is 24.8 Å². The molecule has 1 saturated carbocycles. The quantitative estimate of drug-likeness (QED) is 0.707. The van der Waals surface area contributed by atoms with E-state index in [-0.39, 0.29) is 0 Å². The highest BCUT2D eigenvalue weighted by Gasteiger charge is 2.18. The molecule has 0 aliphatic heterocycles. The lowest BCUT2D eigenvalue weighted by molar-refractivity contribution is 0.270. The predicted octanol–water partition coefficient (Wildman–Crippen LogP) is 2.84. The van der Waals surface area contributed by atoms with Gasteiger partial charge in [0.2, 0.25) is 0 Å². The van der Waals surface area contributed by atoms with Crippen LogP contribution in [0.5, 0.6) is 0 Å². The molecule has 0 N–H and O–H groups in total. The van der Waals surface area contributed by atoms with Crippen molar-refractivity contribution in [2.24, 2.45) is 5.92 Å². The second-order valence-corrected chi connectivity index (χ2v) is 4.11. The van der Waals surface area contributed by atoms with Crippen molar-refractivity contribution in [2.75, 3.05) is 0 Å². The van der Waals surface area contributed by atoms with Crippen molar-refractivity contribution in [2.45, 2.75) is 25.8 Å². The van der Waals surface area contributed by atoms with E-state index in [9.17, 15) is 0 Å². The summed E-state index contributed by atoms with van der Waals surface area (Å²) in [5.41, 5.74) is 1.11. The molecule has 0 saturated heterocycles. The Bertz CT molecular complexity index is 485. The summed E-state index contributed by atoms with van der Waals surface area (Å²) in [7, 11) is 0. The Hall–Kier alpha value is -1.31. The van der Waals surface area contributed by atoms with Crippen molar-refractivity contribution >= 4 is 10.9 Å². The van der Waals surface area contributed by atoms with E-state index in [0.717, 1.165) is 23.4 Å². The first-order chi connectivity index (χ1) is 7.33. The van der Waals surface area contributed by atoms with Crippen LogP contribution in [0.2, 0.25) is 0 Å². The Morgan fingerprint density at radius 1 is 1.50 bits per heavy atom. The van der Waals surface area contributed by atoms with Gasteiger partial charge in [0, 0.05) is 11.9 Å². The molecule has 1 aliphatic rings. The molecule has 0 spiro atoms. The van der Waals surface area contributed by atoms with Gasteiger partial charge in [0.05, 0.1) is 13.1 Å². The van der Waals surface area contributed by atoms with Crippen LogP contribution in [0.1, 0.15) is 20.6 Å². The van der Waals surface area contributed by atoms with Crippen molar-refractivity contribution < 1.29 is 1.37 Å². The minimum absolute atomic E-state index is 0.567. The van der Waals surface area contributed by atoms with Crippen molar-refractivity contribution in [1.29, 1.82) is 0 Å². The van der Waals surface area contributed by atoms with Gasteiger partial charge in [-0.1, -0.05) is 24.6 Å². The molecule has 3 rings (SSSR count). The van der Waals surface area contributed by atoms with E-state index in [4.69, 9.17) is 1.37 Å². The van der Waals surface area contributed by atoms with E-state index >= 15 is 0 Å². The van der Waals surface area contributed by atoms with Gasteiger partial charge in [0.25, 0.3) is 0 Å². The lowest BCUT2D eigenvalue weighted by Gasteiger charge is -2.25. The summed E-state index contributed by atoms with van der Waals surface area (Å²) in [6.07, 6.45) is 5.94. The summed E-state index contributed by atoms with van der Waals surface area (Å²) >= 11 is 0. The van der Waals surface area contributed by atoms with E-state index in [0.29, 0.717) is 6.04 Å². The Kier molecular flexibility index (Phi) is 1.57. The molecule has 0 unspecified atom stereocenters. The number of hydrogen-bond donors (Lipinski definition) is 0. The van der Waals surface area contributed by atoms with Crippen LogP contribution in [0.4, 0.5) is 0 Å². The molecule has 1 fully saturated rings. The van der Waals surface area contributed by atoms with Gasteiger partial charge in [-0.3, -0.25) is 4.68 Å². The molecule has 0 atom stereocenters. The van der Waals surface area contributed by atoms with E-state index in [1.165, 1.54) is 19.3 Å². The van der Waals surface area contributed by atoms with Crippen LogP contribution in [0.25, 0.3) is 10.9 Å². The predicted molar refractivity (Wildman–Crippen MR) is 57.1 cm³/mol. The molecule has 2 heteroatoms. The Labute approximate surface area is 84.9 Å². The van der Waals surface area contributed by atoms with Crippen molar-refractivity contribution in [3.05, 3.63) is 30.4 Å². The summed E-state index contributed by atoms with van der Waals surface area (Å²) in [5, 5.41) is 5.54. The average Bonchev–Trinajstić information content (AvgIpc) is 2.54. The van der Waals surface area contributed by atoms with Gasteiger partial charge in [-0.25, -0.2) is 0 Å². The number of fused-ring (bicyclic) bond motifs is 1. The van der Waals surface area contributed by atoms with E-state index in [1.807, 2.05) is 24.4 Å². The number of nitrogens with zero attached hydrogens (tertiary/aromatic N) is 2. The second kappa shape index (κ2) is 3.12.